The van der Waals surface area contributed by atoms with Crippen molar-refractivity contribution in [3.8, 4) is 0 Å². The van der Waals surface area contributed by atoms with Gasteiger partial charge in [0, 0.05) is 39.6 Å². The number of benzene rings is 1. The van der Waals surface area contributed by atoms with E-state index in [0.29, 0.717) is 37.6 Å². The van der Waals surface area contributed by atoms with Crippen LogP contribution in [0.4, 0.5) is 5.69 Å². The smallest absolute Gasteiger partial charge is 0.256 e. The molecule has 0 spiro atoms. The number of hydrogen-bond acceptors (Lipinski definition) is 4. The zero-order valence-corrected chi connectivity index (χ0v) is 11.6. The van der Waals surface area contributed by atoms with E-state index in [1.165, 1.54) is 0 Å². The first kappa shape index (κ1) is 15.5. The fourth-order valence-corrected chi connectivity index (χ4v) is 1.78. The van der Waals surface area contributed by atoms with Crippen LogP contribution in [-0.2, 0) is 9.47 Å². The molecule has 0 aromatic heterocycles. The number of ether oxygens (including phenoxy) is 2. The third-order valence-corrected chi connectivity index (χ3v) is 2.82. The van der Waals surface area contributed by atoms with E-state index in [1.807, 2.05) is 12.1 Å². The highest BCUT2D eigenvalue weighted by Crippen LogP contribution is 2.13. The number of para-hydroxylation sites is 1. The highest BCUT2D eigenvalue weighted by molar-refractivity contribution is 5.99. The Morgan fingerprint density at radius 1 is 1.16 bits per heavy atom. The molecule has 1 rings (SSSR count). The number of nitrogens with zero attached hydrogens (tertiary/aromatic N) is 1. The van der Waals surface area contributed by atoms with Crippen LogP contribution in [0, 0.1) is 0 Å². The van der Waals surface area contributed by atoms with Gasteiger partial charge in [0.1, 0.15) is 0 Å². The second kappa shape index (κ2) is 8.50. The molecular weight excluding hydrogens is 244 g/mol. The van der Waals surface area contributed by atoms with Gasteiger partial charge in [0.25, 0.3) is 5.91 Å². The lowest BCUT2D eigenvalue weighted by Gasteiger charge is -2.23. The standard InChI is InChI=1S/C14H22N2O3/c1-18-10-5-8-16(9-11-19-2)14(17)12-6-3-4-7-13(12)15/h3-4,6-7H,5,8-11,15H2,1-2H3. The Morgan fingerprint density at radius 3 is 2.47 bits per heavy atom. The fraction of sp³-hybridized carbons (Fsp3) is 0.500. The summed E-state index contributed by atoms with van der Waals surface area (Å²) in [4.78, 5) is 14.2. The van der Waals surface area contributed by atoms with Crippen molar-refractivity contribution in [3.63, 3.8) is 0 Å². The lowest BCUT2D eigenvalue weighted by Crippen LogP contribution is -2.35. The number of carbonyl (C=O) groups excluding carboxylic acids is 1. The Labute approximate surface area is 114 Å². The summed E-state index contributed by atoms with van der Waals surface area (Å²) in [5.74, 6) is -0.0637. The highest BCUT2D eigenvalue weighted by Gasteiger charge is 2.17. The van der Waals surface area contributed by atoms with Crippen molar-refractivity contribution in [1.82, 2.24) is 4.90 Å². The van der Waals surface area contributed by atoms with Crippen LogP contribution in [0.25, 0.3) is 0 Å². The van der Waals surface area contributed by atoms with Gasteiger partial charge in [-0.15, -0.1) is 0 Å². The molecule has 0 saturated carbocycles. The summed E-state index contributed by atoms with van der Waals surface area (Å²) < 4.78 is 10.1. The van der Waals surface area contributed by atoms with Crippen molar-refractivity contribution in [2.24, 2.45) is 0 Å². The summed E-state index contributed by atoms with van der Waals surface area (Å²) in [7, 11) is 3.27. The normalized spacial score (nSPS) is 10.4. The zero-order valence-electron chi connectivity index (χ0n) is 11.6. The topological polar surface area (TPSA) is 64.8 Å². The summed E-state index contributed by atoms with van der Waals surface area (Å²) in [6, 6.07) is 7.11. The molecular formula is C14H22N2O3. The summed E-state index contributed by atoms with van der Waals surface area (Å²) in [6.07, 6.45) is 0.790. The molecule has 0 fully saturated rings. The zero-order chi connectivity index (χ0) is 14.1. The van der Waals surface area contributed by atoms with Crippen LogP contribution in [-0.4, -0.2) is 51.3 Å². The number of rotatable bonds is 8. The van der Waals surface area contributed by atoms with E-state index >= 15 is 0 Å². The van der Waals surface area contributed by atoms with Crippen molar-refractivity contribution in [1.29, 1.82) is 0 Å². The average Bonchev–Trinajstić information content (AvgIpc) is 2.42. The third kappa shape index (κ3) is 4.89. The van der Waals surface area contributed by atoms with E-state index in [4.69, 9.17) is 15.2 Å². The molecule has 1 amide bonds. The monoisotopic (exact) mass is 266 g/mol. The van der Waals surface area contributed by atoms with E-state index < -0.39 is 0 Å². The van der Waals surface area contributed by atoms with Crippen LogP contribution >= 0.6 is 0 Å². The van der Waals surface area contributed by atoms with Gasteiger partial charge in [0.05, 0.1) is 12.2 Å². The van der Waals surface area contributed by atoms with Crippen molar-refractivity contribution >= 4 is 11.6 Å². The van der Waals surface area contributed by atoms with Gasteiger partial charge < -0.3 is 20.1 Å². The maximum absolute atomic E-state index is 12.4. The summed E-state index contributed by atoms with van der Waals surface area (Å²) in [5, 5.41) is 0. The molecule has 5 heteroatoms. The maximum atomic E-state index is 12.4. The van der Waals surface area contributed by atoms with Gasteiger partial charge in [0.15, 0.2) is 0 Å². The second-order valence-electron chi connectivity index (χ2n) is 4.22. The Morgan fingerprint density at radius 2 is 1.84 bits per heavy atom. The number of amides is 1. The van der Waals surface area contributed by atoms with Gasteiger partial charge in [-0.25, -0.2) is 0 Å². The van der Waals surface area contributed by atoms with Crippen molar-refractivity contribution in [2.45, 2.75) is 6.42 Å². The Balaban J connectivity index is 2.72. The van der Waals surface area contributed by atoms with Gasteiger partial charge in [-0.3, -0.25) is 4.79 Å². The maximum Gasteiger partial charge on any atom is 0.256 e. The number of methoxy groups -OCH3 is 2. The van der Waals surface area contributed by atoms with Crippen LogP contribution < -0.4 is 5.73 Å². The molecule has 0 aliphatic heterocycles. The second-order valence-corrected chi connectivity index (χ2v) is 4.22. The SMILES string of the molecule is COCCCN(CCOC)C(=O)c1ccccc1N. The minimum Gasteiger partial charge on any atom is -0.398 e. The van der Waals surface area contributed by atoms with E-state index in [2.05, 4.69) is 0 Å². The van der Waals surface area contributed by atoms with Gasteiger partial charge in [-0.1, -0.05) is 12.1 Å². The highest BCUT2D eigenvalue weighted by atomic mass is 16.5. The first-order valence-electron chi connectivity index (χ1n) is 6.32. The minimum atomic E-state index is -0.0637. The quantitative estimate of drug-likeness (QED) is 0.570. The number of nitrogens with two attached hydrogens (primary N) is 1. The summed E-state index contributed by atoms with van der Waals surface area (Å²) in [5.41, 5.74) is 6.88. The van der Waals surface area contributed by atoms with Crippen molar-refractivity contribution in [2.75, 3.05) is 46.3 Å². The lowest BCUT2D eigenvalue weighted by atomic mass is 10.1. The Kier molecular flexibility index (Phi) is 6.92. The first-order chi connectivity index (χ1) is 9.20. The molecule has 1 aromatic rings. The number of carbonyl (C=O) groups is 1. The molecule has 0 heterocycles. The van der Waals surface area contributed by atoms with E-state index in [0.717, 1.165) is 6.42 Å². The number of anilines is 1. The summed E-state index contributed by atoms with van der Waals surface area (Å²) >= 11 is 0. The predicted molar refractivity (Wildman–Crippen MR) is 75.1 cm³/mol. The first-order valence-corrected chi connectivity index (χ1v) is 6.32. The molecule has 2 N–H and O–H groups in total. The molecule has 106 valence electrons. The van der Waals surface area contributed by atoms with E-state index in [9.17, 15) is 4.79 Å². The number of hydrogen-bond donors (Lipinski definition) is 1. The van der Waals surface area contributed by atoms with Gasteiger partial charge >= 0.3 is 0 Å². The van der Waals surface area contributed by atoms with E-state index in [1.54, 1.807) is 31.3 Å². The van der Waals surface area contributed by atoms with Crippen molar-refractivity contribution < 1.29 is 14.3 Å². The molecule has 0 aliphatic rings. The Hall–Kier alpha value is -1.59. The van der Waals surface area contributed by atoms with Crippen LogP contribution in [0.2, 0.25) is 0 Å². The van der Waals surface area contributed by atoms with Crippen LogP contribution in [0.5, 0.6) is 0 Å². The third-order valence-electron chi connectivity index (χ3n) is 2.82. The molecule has 0 radical (unpaired) electrons. The molecule has 0 atom stereocenters. The molecule has 0 bridgehead atoms. The van der Waals surface area contributed by atoms with E-state index in [-0.39, 0.29) is 5.91 Å². The van der Waals surface area contributed by atoms with Crippen LogP contribution in [0.3, 0.4) is 0 Å². The summed E-state index contributed by atoms with van der Waals surface area (Å²) in [6.45, 7) is 2.31. The molecule has 19 heavy (non-hydrogen) atoms. The van der Waals surface area contributed by atoms with Gasteiger partial charge in [-0.05, 0) is 18.6 Å². The molecule has 0 aliphatic carbocycles. The Bertz CT molecular complexity index is 396. The molecule has 1 aromatic carbocycles. The lowest BCUT2D eigenvalue weighted by molar-refractivity contribution is 0.0675. The fourth-order valence-electron chi connectivity index (χ4n) is 1.78. The van der Waals surface area contributed by atoms with Crippen molar-refractivity contribution in [3.05, 3.63) is 29.8 Å². The molecule has 5 nitrogen and oxygen atoms in total. The van der Waals surface area contributed by atoms with Crippen LogP contribution in [0.15, 0.2) is 24.3 Å². The van der Waals surface area contributed by atoms with Gasteiger partial charge in [-0.2, -0.15) is 0 Å². The largest absolute Gasteiger partial charge is 0.398 e. The van der Waals surface area contributed by atoms with Crippen LogP contribution in [0.1, 0.15) is 16.8 Å². The minimum absolute atomic E-state index is 0.0637. The number of nitrogen functional groups attached to an aromatic ring is 1. The van der Waals surface area contributed by atoms with Gasteiger partial charge in [0.2, 0.25) is 0 Å². The molecule has 0 unspecified atom stereocenters. The predicted octanol–water partition coefficient (Wildman–Crippen LogP) is 1.39. The molecule has 0 saturated heterocycles. The average molecular weight is 266 g/mol.